The van der Waals surface area contributed by atoms with E-state index in [0.29, 0.717) is 30.1 Å². The lowest BCUT2D eigenvalue weighted by Gasteiger charge is -2.09. The first kappa shape index (κ1) is 8.75. The standard InChI is InChI=1S/C10H14O3/c1-6(10(11)12)2-3-7-4-5-8-9(7)13-8/h7-9H,1-5H2,(H,11,12). The predicted molar refractivity (Wildman–Crippen MR) is 47.4 cm³/mol. The molecule has 1 saturated heterocycles. The summed E-state index contributed by atoms with van der Waals surface area (Å²) in [6, 6.07) is 0. The Labute approximate surface area is 77.4 Å². The van der Waals surface area contributed by atoms with E-state index in [0.717, 1.165) is 12.8 Å². The lowest BCUT2D eigenvalue weighted by Crippen LogP contribution is -2.06. The van der Waals surface area contributed by atoms with Crippen LogP contribution in [0.25, 0.3) is 0 Å². The average molecular weight is 182 g/mol. The van der Waals surface area contributed by atoms with Crippen molar-refractivity contribution in [3.8, 4) is 0 Å². The lowest BCUT2D eigenvalue weighted by molar-refractivity contribution is -0.132. The van der Waals surface area contributed by atoms with Gasteiger partial charge in [-0.3, -0.25) is 0 Å². The van der Waals surface area contributed by atoms with Crippen molar-refractivity contribution >= 4 is 5.97 Å². The third kappa shape index (κ3) is 1.75. The number of carboxylic acid groups (broad SMARTS) is 1. The van der Waals surface area contributed by atoms with Crippen molar-refractivity contribution in [3.05, 3.63) is 12.2 Å². The Morgan fingerprint density at radius 3 is 2.77 bits per heavy atom. The number of hydrogen-bond acceptors (Lipinski definition) is 2. The molecule has 3 heteroatoms. The smallest absolute Gasteiger partial charge is 0.330 e. The summed E-state index contributed by atoms with van der Waals surface area (Å²) in [7, 11) is 0. The molecule has 0 bridgehead atoms. The molecule has 1 heterocycles. The second kappa shape index (κ2) is 3.14. The predicted octanol–water partition coefficient (Wildman–Crippen LogP) is 1.58. The van der Waals surface area contributed by atoms with Gasteiger partial charge in [-0.05, 0) is 31.6 Å². The zero-order valence-electron chi connectivity index (χ0n) is 7.53. The molecule has 2 aliphatic rings. The first-order valence-electron chi connectivity index (χ1n) is 4.75. The SMILES string of the molecule is C=C(CCC1CCC2OC12)C(=O)O. The van der Waals surface area contributed by atoms with Gasteiger partial charge in [0, 0.05) is 5.57 Å². The van der Waals surface area contributed by atoms with E-state index < -0.39 is 5.97 Å². The molecule has 0 aromatic heterocycles. The molecule has 3 atom stereocenters. The van der Waals surface area contributed by atoms with E-state index >= 15 is 0 Å². The van der Waals surface area contributed by atoms with Crippen LogP contribution in [0.2, 0.25) is 0 Å². The van der Waals surface area contributed by atoms with E-state index in [4.69, 9.17) is 9.84 Å². The van der Waals surface area contributed by atoms with Gasteiger partial charge < -0.3 is 9.84 Å². The fraction of sp³-hybridized carbons (Fsp3) is 0.700. The minimum atomic E-state index is -0.869. The van der Waals surface area contributed by atoms with Gasteiger partial charge >= 0.3 is 5.97 Å². The molecule has 13 heavy (non-hydrogen) atoms. The number of carboxylic acids is 1. The molecule has 1 saturated carbocycles. The van der Waals surface area contributed by atoms with Crippen molar-refractivity contribution in [1.82, 2.24) is 0 Å². The van der Waals surface area contributed by atoms with Crippen LogP contribution in [0.4, 0.5) is 0 Å². The molecule has 2 rings (SSSR count). The van der Waals surface area contributed by atoms with Gasteiger partial charge in [-0.2, -0.15) is 0 Å². The van der Waals surface area contributed by atoms with Crippen LogP contribution in [0.1, 0.15) is 25.7 Å². The zero-order chi connectivity index (χ0) is 9.42. The molecule has 3 nitrogen and oxygen atoms in total. The highest BCUT2D eigenvalue weighted by Gasteiger charge is 2.49. The number of carbonyl (C=O) groups is 1. The summed E-state index contributed by atoms with van der Waals surface area (Å²) in [5.74, 6) is -0.285. The minimum absolute atomic E-state index is 0.323. The van der Waals surface area contributed by atoms with E-state index in [9.17, 15) is 4.79 Å². The Hall–Kier alpha value is -0.830. The third-order valence-electron chi connectivity index (χ3n) is 3.03. The molecule has 2 fully saturated rings. The molecule has 0 amide bonds. The van der Waals surface area contributed by atoms with Gasteiger partial charge in [0.25, 0.3) is 0 Å². The van der Waals surface area contributed by atoms with Crippen molar-refractivity contribution in [2.45, 2.75) is 37.9 Å². The van der Waals surface area contributed by atoms with Gasteiger partial charge in [-0.1, -0.05) is 6.58 Å². The van der Waals surface area contributed by atoms with Gasteiger partial charge in [0.2, 0.25) is 0 Å². The Morgan fingerprint density at radius 1 is 1.54 bits per heavy atom. The second-order valence-electron chi connectivity index (χ2n) is 3.92. The summed E-state index contributed by atoms with van der Waals surface area (Å²) in [6.07, 6.45) is 4.83. The topological polar surface area (TPSA) is 49.8 Å². The summed E-state index contributed by atoms with van der Waals surface area (Å²) in [6.45, 7) is 3.51. The lowest BCUT2D eigenvalue weighted by atomic mass is 9.98. The number of hydrogen-bond donors (Lipinski definition) is 1. The Morgan fingerprint density at radius 2 is 2.31 bits per heavy atom. The molecule has 0 radical (unpaired) electrons. The first-order valence-corrected chi connectivity index (χ1v) is 4.75. The molecule has 3 unspecified atom stereocenters. The molecule has 0 aromatic carbocycles. The molecule has 0 aromatic rings. The maximum Gasteiger partial charge on any atom is 0.330 e. The van der Waals surface area contributed by atoms with Crippen LogP contribution in [-0.4, -0.2) is 23.3 Å². The fourth-order valence-electron chi connectivity index (χ4n) is 2.12. The first-order chi connectivity index (χ1) is 6.18. The summed E-state index contributed by atoms with van der Waals surface area (Å²) >= 11 is 0. The molecule has 72 valence electrons. The van der Waals surface area contributed by atoms with Crippen LogP contribution in [0.5, 0.6) is 0 Å². The van der Waals surface area contributed by atoms with Gasteiger partial charge in [0.05, 0.1) is 12.2 Å². The molecule has 1 N–H and O–H groups in total. The number of ether oxygens (including phenoxy) is 1. The number of fused-ring (bicyclic) bond motifs is 1. The Bertz CT molecular complexity index is 247. The molecular weight excluding hydrogens is 168 g/mol. The maximum absolute atomic E-state index is 10.5. The van der Waals surface area contributed by atoms with Gasteiger partial charge in [0.15, 0.2) is 0 Å². The monoisotopic (exact) mass is 182 g/mol. The van der Waals surface area contributed by atoms with Crippen LogP contribution in [-0.2, 0) is 9.53 Å². The third-order valence-corrected chi connectivity index (χ3v) is 3.03. The van der Waals surface area contributed by atoms with Crippen molar-refractivity contribution in [3.63, 3.8) is 0 Å². The molecule has 1 aliphatic carbocycles. The fourth-order valence-corrected chi connectivity index (χ4v) is 2.12. The maximum atomic E-state index is 10.5. The number of epoxide rings is 1. The van der Waals surface area contributed by atoms with Crippen molar-refractivity contribution in [2.24, 2.45) is 5.92 Å². The molecule has 0 spiro atoms. The summed E-state index contributed by atoms with van der Waals surface area (Å²) in [5.41, 5.74) is 0.323. The average Bonchev–Trinajstić information content (AvgIpc) is 2.77. The van der Waals surface area contributed by atoms with E-state index in [1.807, 2.05) is 0 Å². The van der Waals surface area contributed by atoms with E-state index in [1.54, 1.807) is 0 Å². The normalized spacial score (nSPS) is 35.5. The number of aliphatic carboxylic acids is 1. The van der Waals surface area contributed by atoms with E-state index in [1.165, 1.54) is 6.42 Å². The Kier molecular flexibility index (Phi) is 2.12. The summed E-state index contributed by atoms with van der Waals surface area (Å²) in [5, 5.41) is 8.60. The quantitative estimate of drug-likeness (QED) is 0.530. The highest BCUT2D eigenvalue weighted by atomic mass is 16.6. The van der Waals surface area contributed by atoms with Crippen LogP contribution in [0, 0.1) is 5.92 Å². The van der Waals surface area contributed by atoms with E-state index in [-0.39, 0.29) is 0 Å². The van der Waals surface area contributed by atoms with Crippen molar-refractivity contribution in [1.29, 1.82) is 0 Å². The molecular formula is C10H14O3. The van der Waals surface area contributed by atoms with Crippen molar-refractivity contribution < 1.29 is 14.6 Å². The van der Waals surface area contributed by atoms with Crippen LogP contribution < -0.4 is 0 Å². The second-order valence-corrected chi connectivity index (χ2v) is 3.92. The molecule has 1 aliphatic heterocycles. The minimum Gasteiger partial charge on any atom is -0.478 e. The van der Waals surface area contributed by atoms with Gasteiger partial charge in [0.1, 0.15) is 0 Å². The van der Waals surface area contributed by atoms with E-state index in [2.05, 4.69) is 6.58 Å². The van der Waals surface area contributed by atoms with Gasteiger partial charge in [-0.25, -0.2) is 4.79 Å². The summed E-state index contributed by atoms with van der Waals surface area (Å²) < 4.78 is 5.38. The van der Waals surface area contributed by atoms with Crippen LogP contribution >= 0.6 is 0 Å². The number of rotatable bonds is 4. The van der Waals surface area contributed by atoms with Gasteiger partial charge in [-0.15, -0.1) is 0 Å². The van der Waals surface area contributed by atoms with Crippen LogP contribution in [0.15, 0.2) is 12.2 Å². The van der Waals surface area contributed by atoms with Crippen molar-refractivity contribution in [2.75, 3.05) is 0 Å². The highest BCUT2D eigenvalue weighted by molar-refractivity contribution is 5.85. The van der Waals surface area contributed by atoms with Crippen LogP contribution in [0.3, 0.4) is 0 Å². The summed E-state index contributed by atoms with van der Waals surface area (Å²) in [4.78, 5) is 10.5. The zero-order valence-corrected chi connectivity index (χ0v) is 7.53. The Balaban J connectivity index is 1.73. The largest absolute Gasteiger partial charge is 0.478 e. The highest BCUT2D eigenvalue weighted by Crippen LogP contribution is 2.45.